The zero-order valence-corrected chi connectivity index (χ0v) is 8.45. The van der Waals surface area contributed by atoms with Crippen LogP contribution in [0.3, 0.4) is 0 Å². The van der Waals surface area contributed by atoms with Gasteiger partial charge < -0.3 is 4.74 Å². The van der Waals surface area contributed by atoms with Crippen LogP contribution in [0.15, 0.2) is 18.2 Å². The molecular formula is C9H10ClNO3. The summed E-state index contributed by atoms with van der Waals surface area (Å²) >= 11 is 5.61. The minimum atomic E-state index is -0.435. The second-order valence-corrected chi connectivity index (χ2v) is 3.10. The lowest BCUT2D eigenvalue weighted by Gasteiger charge is -2.02. The Balaban J connectivity index is 3.06. The molecule has 0 unspecified atom stereocenters. The number of hydrogen-bond donors (Lipinski definition) is 0. The number of alkyl halides is 1. The van der Waals surface area contributed by atoms with Crippen molar-refractivity contribution in [1.82, 2.24) is 0 Å². The number of rotatable bonds is 4. The molecule has 1 aromatic rings. The van der Waals surface area contributed by atoms with Gasteiger partial charge in [-0.1, -0.05) is 6.07 Å². The standard InChI is InChI=1S/C9H10ClNO3/c1-14-6-8-2-7(5-10)3-9(4-8)11(12)13/h2-4H,5-6H2,1H3. The molecule has 0 aliphatic rings. The molecule has 0 saturated carbocycles. The highest BCUT2D eigenvalue weighted by atomic mass is 35.5. The number of methoxy groups -OCH3 is 1. The highest BCUT2D eigenvalue weighted by molar-refractivity contribution is 6.17. The van der Waals surface area contributed by atoms with E-state index in [9.17, 15) is 10.1 Å². The lowest BCUT2D eigenvalue weighted by Crippen LogP contribution is -1.94. The first-order chi connectivity index (χ1) is 6.67. The summed E-state index contributed by atoms with van der Waals surface area (Å²) in [5.74, 6) is 0.262. The fourth-order valence-electron chi connectivity index (χ4n) is 1.18. The van der Waals surface area contributed by atoms with E-state index in [1.807, 2.05) is 0 Å². The van der Waals surface area contributed by atoms with Crippen molar-refractivity contribution < 1.29 is 9.66 Å². The topological polar surface area (TPSA) is 52.4 Å². The monoisotopic (exact) mass is 215 g/mol. The number of benzene rings is 1. The van der Waals surface area contributed by atoms with Crippen LogP contribution in [0.4, 0.5) is 5.69 Å². The van der Waals surface area contributed by atoms with E-state index in [-0.39, 0.29) is 11.6 Å². The van der Waals surface area contributed by atoms with E-state index in [0.717, 1.165) is 11.1 Å². The third kappa shape index (κ3) is 2.68. The molecule has 1 rings (SSSR count). The lowest BCUT2D eigenvalue weighted by molar-refractivity contribution is -0.385. The predicted molar refractivity (Wildman–Crippen MR) is 53.4 cm³/mol. The Hall–Kier alpha value is -1.13. The number of nitro groups is 1. The molecule has 0 radical (unpaired) electrons. The van der Waals surface area contributed by atoms with Gasteiger partial charge in [0.05, 0.1) is 11.5 Å². The van der Waals surface area contributed by atoms with Crippen molar-refractivity contribution in [2.24, 2.45) is 0 Å². The molecule has 0 amide bonds. The van der Waals surface area contributed by atoms with Gasteiger partial charge in [0.15, 0.2) is 0 Å². The smallest absolute Gasteiger partial charge is 0.270 e. The number of non-ortho nitro benzene ring substituents is 1. The van der Waals surface area contributed by atoms with Gasteiger partial charge in [-0.05, 0) is 11.1 Å². The van der Waals surface area contributed by atoms with E-state index in [4.69, 9.17) is 16.3 Å². The maximum Gasteiger partial charge on any atom is 0.270 e. The summed E-state index contributed by atoms with van der Waals surface area (Å²) < 4.78 is 4.90. The van der Waals surface area contributed by atoms with E-state index < -0.39 is 4.92 Å². The second kappa shape index (κ2) is 4.93. The van der Waals surface area contributed by atoms with E-state index >= 15 is 0 Å². The van der Waals surface area contributed by atoms with Gasteiger partial charge in [0.2, 0.25) is 0 Å². The number of nitro benzene ring substituents is 1. The van der Waals surface area contributed by atoms with Crippen LogP contribution in [0.5, 0.6) is 0 Å². The lowest BCUT2D eigenvalue weighted by atomic mass is 10.1. The van der Waals surface area contributed by atoms with Crippen molar-refractivity contribution in [3.8, 4) is 0 Å². The normalized spacial score (nSPS) is 10.1. The summed E-state index contributed by atoms with van der Waals surface area (Å²) in [6.45, 7) is 0.353. The number of ether oxygens (including phenoxy) is 1. The van der Waals surface area contributed by atoms with Crippen molar-refractivity contribution in [2.75, 3.05) is 7.11 Å². The first-order valence-electron chi connectivity index (χ1n) is 3.99. The third-order valence-electron chi connectivity index (χ3n) is 1.71. The van der Waals surface area contributed by atoms with Gasteiger partial charge in [-0.25, -0.2) is 0 Å². The molecule has 0 heterocycles. The maximum absolute atomic E-state index is 10.5. The molecule has 4 nitrogen and oxygen atoms in total. The Bertz CT molecular complexity index is 341. The summed E-state index contributed by atoms with van der Waals surface area (Å²) in [4.78, 5) is 10.1. The van der Waals surface area contributed by atoms with Gasteiger partial charge in [0.25, 0.3) is 5.69 Å². The minimum Gasteiger partial charge on any atom is -0.380 e. The van der Waals surface area contributed by atoms with E-state index in [2.05, 4.69) is 0 Å². The Morgan fingerprint density at radius 2 is 2.07 bits per heavy atom. The summed E-state index contributed by atoms with van der Waals surface area (Å²) in [6, 6.07) is 4.75. The molecule has 0 aliphatic carbocycles. The van der Waals surface area contributed by atoms with E-state index in [1.165, 1.54) is 12.1 Å². The number of halogens is 1. The molecular weight excluding hydrogens is 206 g/mol. The maximum atomic E-state index is 10.5. The summed E-state index contributed by atoms with van der Waals surface area (Å²) in [7, 11) is 1.54. The van der Waals surface area contributed by atoms with Crippen molar-refractivity contribution in [1.29, 1.82) is 0 Å². The van der Waals surface area contributed by atoms with Crippen molar-refractivity contribution >= 4 is 17.3 Å². The van der Waals surface area contributed by atoms with Crippen LogP contribution in [-0.2, 0) is 17.2 Å². The number of nitrogens with zero attached hydrogens (tertiary/aromatic N) is 1. The van der Waals surface area contributed by atoms with Crippen LogP contribution in [0, 0.1) is 10.1 Å². The zero-order chi connectivity index (χ0) is 10.6. The van der Waals surface area contributed by atoms with Gasteiger partial charge >= 0.3 is 0 Å². The van der Waals surface area contributed by atoms with Crippen LogP contribution in [0.25, 0.3) is 0 Å². The second-order valence-electron chi connectivity index (χ2n) is 2.83. The molecule has 0 atom stereocenters. The van der Waals surface area contributed by atoms with E-state index in [1.54, 1.807) is 13.2 Å². The Labute approximate surface area is 86.6 Å². The summed E-state index contributed by atoms with van der Waals surface area (Å²) in [5, 5.41) is 10.5. The van der Waals surface area contributed by atoms with Gasteiger partial charge in [0.1, 0.15) is 0 Å². The minimum absolute atomic E-state index is 0.0511. The quantitative estimate of drug-likeness (QED) is 0.441. The first kappa shape index (κ1) is 10.9. The molecule has 76 valence electrons. The molecule has 0 fully saturated rings. The summed E-state index contributed by atoms with van der Waals surface area (Å²) in [5.41, 5.74) is 1.54. The van der Waals surface area contributed by atoms with Gasteiger partial charge in [0, 0.05) is 25.1 Å². The fraction of sp³-hybridized carbons (Fsp3) is 0.333. The summed E-state index contributed by atoms with van der Waals surface area (Å²) in [6.07, 6.45) is 0. The highest BCUT2D eigenvalue weighted by Crippen LogP contribution is 2.19. The Kier molecular flexibility index (Phi) is 3.85. The zero-order valence-electron chi connectivity index (χ0n) is 7.70. The largest absolute Gasteiger partial charge is 0.380 e. The predicted octanol–water partition coefficient (Wildman–Crippen LogP) is 2.48. The number of hydrogen-bond acceptors (Lipinski definition) is 3. The third-order valence-corrected chi connectivity index (χ3v) is 2.02. The SMILES string of the molecule is COCc1cc(CCl)cc([N+](=O)[O-])c1. The van der Waals surface area contributed by atoms with Crippen LogP contribution in [-0.4, -0.2) is 12.0 Å². The van der Waals surface area contributed by atoms with Gasteiger partial charge in [-0.2, -0.15) is 0 Å². The average Bonchev–Trinajstić information content (AvgIpc) is 2.17. The van der Waals surface area contributed by atoms with Crippen LogP contribution >= 0.6 is 11.6 Å². The molecule has 0 aromatic heterocycles. The van der Waals surface area contributed by atoms with E-state index in [0.29, 0.717) is 6.61 Å². The Morgan fingerprint density at radius 1 is 1.43 bits per heavy atom. The Morgan fingerprint density at radius 3 is 2.57 bits per heavy atom. The van der Waals surface area contributed by atoms with Crippen molar-refractivity contribution in [2.45, 2.75) is 12.5 Å². The van der Waals surface area contributed by atoms with Gasteiger partial charge in [-0.3, -0.25) is 10.1 Å². The molecule has 0 bridgehead atoms. The van der Waals surface area contributed by atoms with Crippen LogP contribution in [0.2, 0.25) is 0 Å². The molecule has 0 N–H and O–H groups in total. The van der Waals surface area contributed by atoms with Crippen LogP contribution < -0.4 is 0 Å². The average molecular weight is 216 g/mol. The molecule has 1 aromatic carbocycles. The highest BCUT2D eigenvalue weighted by Gasteiger charge is 2.08. The molecule has 0 spiro atoms. The molecule has 0 saturated heterocycles. The molecule has 5 heteroatoms. The van der Waals surface area contributed by atoms with Crippen molar-refractivity contribution in [3.63, 3.8) is 0 Å². The van der Waals surface area contributed by atoms with Gasteiger partial charge in [-0.15, -0.1) is 11.6 Å². The molecule has 0 aliphatic heterocycles. The molecule has 14 heavy (non-hydrogen) atoms. The fourth-order valence-corrected chi connectivity index (χ4v) is 1.33. The van der Waals surface area contributed by atoms with Crippen molar-refractivity contribution in [3.05, 3.63) is 39.4 Å². The van der Waals surface area contributed by atoms with Crippen LogP contribution in [0.1, 0.15) is 11.1 Å². The first-order valence-corrected chi connectivity index (χ1v) is 4.53.